The molecule has 1 N–H and O–H groups in total. The lowest BCUT2D eigenvalue weighted by atomic mass is 10.3. The summed E-state index contributed by atoms with van der Waals surface area (Å²) in [6, 6.07) is 7.04. The molecule has 1 rings (SSSR count). The Labute approximate surface area is 130 Å². The number of thioether (sulfide) groups is 1. The largest absolute Gasteiger partial charge is 0.481 e. The van der Waals surface area contributed by atoms with E-state index >= 15 is 0 Å². The van der Waals surface area contributed by atoms with Gasteiger partial charge in [0.1, 0.15) is 5.75 Å². The molecule has 0 saturated heterocycles. The van der Waals surface area contributed by atoms with Crippen LogP contribution >= 0.6 is 23.4 Å². The fourth-order valence-corrected chi connectivity index (χ4v) is 2.47. The van der Waals surface area contributed by atoms with Gasteiger partial charge in [0.15, 0.2) is 6.10 Å². The summed E-state index contributed by atoms with van der Waals surface area (Å²) < 4.78 is 5.77. The molecule has 1 aromatic carbocycles. The molecule has 20 heavy (non-hydrogen) atoms. The van der Waals surface area contributed by atoms with Crippen LogP contribution in [0.5, 0.6) is 5.75 Å². The van der Waals surface area contributed by atoms with Crippen LogP contribution < -0.4 is 10.1 Å². The molecule has 0 heterocycles. The van der Waals surface area contributed by atoms with Crippen LogP contribution in [-0.2, 0) is 4.79 Å². The zero-order valence-electron chi connectivity index (χ0n) is 12.4. The molecular formula is C15H22ClNO2S. The van der Waals surface area contributed by atoms with E-state index in [1.165, 1.54) is 0 Å². The van der Waals surface area contributed by atoms with Gasteiger partial charge in [-0.3, -0.25) is 4.79 Å². The van der Waals surface area contributed by atoms with Crippen LogP contribution in [0.4, 0.5) is 0 Å². The summed E-state index contributed by atoms with van der Waals surface area (Å²) in [4.78, 5) is 11.9. The quantitative estimate of drug-likeness (QED) is 0.812. The average molecular weight is 316 g/mol. The Morgan fingerprint density at radius 1 is 1.45 bits per heavy atom. The first-order chi connectivity index (χ1) is 9.28. The second kappa shape index (κ2) is 7.79. The predicted octanol–water partition coefficient (Wildman–Crippen LogP) is 3.76. The molecule has 1 unspecified atom stereocenters. The van der Waals surface area contributed by atoms with Gasteiger partial charge in [0.25, 0.3) is 5.91 Å². The molecule has 112 valence electrons. The Morgan fingerprint density at radius 3 is 2.75 bits per heavy atom. The monoisotopic (exact) mass is 315 g/mol. The van der Waals surface area contributed by atoms with E-state index in [4.69, 9.17) is 16.3 Å². The summed E-state index contributed by atoms with van der Waals surface area (Å²) in [6.45, 7) is 8.84. The van der Waals surface area contributed by atoms with Crippen LogP contribution in [-0.4, -0.2) is 29.1 Å². The van der Waals surface area contributed by atoms with Crippen molar-refractivity contribution in [1.82, 2.24) is 5.32 Å². The molecule has 0 radical (unpaired) electrons. The van der Waals surface area contributed by atoms with Crippen LogP contribution in [0.1, 0.15) is 27.7 Å². The van der Waals surface area contributed by atoms with Crippen molar-refractivity contribution in [3.05, 3.63) is 29.3 Å². The second-order valence-corrected chi connectivity index (χ2v) is 7.83. The summed E-state index contributed by atoms with van der Waals surface area (Å²) in [5.74, 6) is 1.38. The first-order valence-corrected chi connectivity index (χ1v) is 7.98. The van der Waals surface area contributed by atoms with Crippen molar-refractivity contribution in [3.63, 3.8) is 0 Å². The number of ether oxygens (including phenoxy) is 1. The van der Waals surface area contributed by atoms with Crippen LogP contribution in [0.3, 0.4) is 0 Å². The van der Waals surface area contributed by atoms with Crippen molar-refractivity contribution in [2.75, 3.05) is 12.3 Å². The van der Waals surface area contributed by atoms with E-state index in [-0.39, 0.29) is 10.7 Å². The Bertz CT molecular complexity index is 446. The van der Waals surface area contributed by atoms with E-state index in [0.29, 0.717) is 17.3 Å². The number of rotatable bonds is 6. The highest BCUT2D eigenvalue weighted by molar-refractivity contribution is 8.00. The zero-order valence-corrected chi connectivity index (χ0v) is 14.0. The van der Waals surface area contributed by atoms with E-state index in [2.05, 4.69) is 26.1 Å². The Kier molecular flexibility index (Phi) is 6.69. The fourth-order valence-electron chi connectivity index (χ4n) is 1.47. The van der Waals surface area contributed by atoms with E-state index in [0.717, 1.165) is 5.75 Å². The molecule has 0 bridgehead atoms. The predicted molar refractivity (Wildman–Crippen MR) is 86.8 cm³/mol. The maximum absolute atomic E-state index is 11.9. The Balaban J connectivity index is 2.32. The van der Waals surface area contributed by atoms with Crippen LogP contribution in [0.15, 0.2) is 24.3 Å². The van der Waals surface area contributed by atoms with Crippen molar-refractivity contribution in [2.24, 2.45) is 0 Å². The number of amides is 1. The van der Waals surface area contributed by atoms with Gasteiger partial charge >= 0.3 is 0 Å². The molecule has 5 heteroatoms. The van der Waals surface area contributed by atoms with Gasteiger partial charge in [-0.1, -0.05) is 38.4 Å². The molecule has 0 saturated carbocycles. The van der Waals surface area contributed by atoms with Gasteiger partial charge in [-0.15, -0.1) is 0 Å². The van der Waals surface area contributed by atoms with Crippen LogP contribution in [0.25, 0.3) is 0 Å². The smallest absolute Gasteiger partial charge is 0.260 e. The lowest BCUT2D eigenvalue weighted by Gasteiger charge is -2.18. The first-order valence-electron chi connectivity index (χ1n) is 6.62. The van der Waals surface area contributed by atoms with Crippen molar-refractivity contribution < 1.29 is 9.53 Å². The number of hydrogen-bond donors (Lipinski definition) is 1. The van der Waals surface area contributed by atoms with Gasteiger partial charge in [0.2, 0.25) is 0 Å². The van der Waals surface area contributed by atoms with Gasteiger partial charge in [0.05, 0.1) is 0 Å². The third-order valence-electron chi connectivity index (χ3n) is 2.41. The standard InChI is InChI=1S/C15H22ClNO2S/c1-11(19-13-7-5-6-12(16)10-13)14(18)17-8-9-20-15(2,3)4/h5-7,10-11H,8-9H2,1-4H3,(H,17,18). The molecule has 0 fully saturated rings. The topological polar surface area (TPSA) is 38.3 Å². The number of halogens is 1. The minimum atomic E-state index is -0.534. The minimum absolute atomic E-state index is 0.112. The normalized spacial score (nSPS) is 12.8. The third-order valence-corrected chi connectivity index (χ3v) is 3.92. The fraction of sp³-hybridized carbons (Fsp3) is 0.533. The number of benzene rings is 1. The van der Waals surface area contributed by atoms with Crippen molar-refractivity contribution in [3.8, 4) is 5.75 Å². The molecule has 0 aliphatic carbocycles. The molecule has 3 nitrogen and oxygen atoms in total. The van der Waals surface area contributed by atoms with E-state index in [9.17, 15) is 4.79 Å². The Morgan fingerprint density at radius 2 is 2.15 bits per heavy atom. The van der Waals surface area contributed by atoms with Gasteiger partial charge in [-0.05, 0) is 25.1 Å². The average Bonchev–Trinajstić information content (AvgIpc) is 2.33. The second-order valence-electron chi connectivity index (χ2n) is 5.47. The van der Waals surface area contributed by atoms with Gasteiger partial charge in [-0.2, -0.15) is 11.8 Å². The molecule has 0 aliphatic rings. The highest BCUT2D eigenvalue weighted by Gasteiger charge is 2.15. The summed E-state index contributed by atoms with van der Waals surface area (Å²) in [6.07, 6.45) is -0.534. The molecule has 0 spiro atoms. The van der Waals surface area contributed by atoms with E-state index < -0.39 is 6.10 Å². The van der Waals surface area contributed by atoms with Crippen LogP contribution in [0.2, 0.25) is 5.02 Å². The molecule has 1 atom stereocenters. The maximum Gasteiger partial charge on any atom is 0.260 e. The highest BCUT2D eigenvalue weighted by atomic mass is 35.5. The summed E-state index contributed by atoms with van der Waals surface area (Å²) in [5, 5.41) is 3.47. The number of nitrogens with one attached hydrogen (secondary N) is 1. The van der Waals surface area contributed by atoms with Crippen molar-refractivity contribution in [2.45, 2.75) is 38.5 Å². The van der Waals surface area contributed by atoms with Gasteiger partial charge < -0.3 is 10.1 Å². The van der Waals surface area contributed by atoms with E-state index in [1.54, 1.807) is 31.2 Å². The number of carbonyl (C=O) groups excluding carboxylic acids is 1. The Hall–Kier alpha value is -0.870. The van der Waals surface area contributed by atoms with Gasteiger partial charge in [-0.25, -0.2) is 0 Å². The molecular weight excluding hydrogens is 294 g/mol. The SMILES string of the molecule is CC(Oc1cccc(Cl)c1)C(=O)NCCSC(C)(C)C. The highest BCUT2D eigenvalue weighted by Crippen LogP contribution is 2.22. The number of hydrogen-bond acceptors (Lipinski definition) is 3. The van der Waals surface area contributed by atoms with Gasteiger partial charge in [0, 0.05) is 22.1 Å². The lowest BCUT2D eigenvalue weighted by molar-refractivity contribution is -0.127. The molecule has 0 aromatic heterocycles. The number of carbonyl (C=O) groups is 1. The first kappa shape index (κ1) is 17.2. The summed E-state index contributed by atoms with van der Waals surface area (Å²) >= 11 is 7.69. The molecule has 1 aromatic rings. The summed E-state index contributed by atoms with van der Waals surface area (Å²) in [5.41, 5.74) is 0. The zero-order chi connectivity index (χ0) is 15.2. The van der Waals surface area contributed by atoms with Crippen molar-refractivity contribution >= 4 is 29.3 Å². The molecule has 1 amide bonds. The maximum atomic E-state index is 11.9. The summed E-state index contributed by atoms with van der Waals surface area (Å²) in [7, 11) is 0. The molecule has 0 aliphatic heterocycles. The third kappa shape index (κ3) is 7.06. The van der Waals surface area contributed by atoms with Crippen LogP contribution in [0, 0.1) is 0 Å². The lowest BCUT2D eigenvalue weighted by Crippen LogP contribution is -2.37. The minimum Gasteiger partial charge on any atom is -0.481 e. The van der Waals surface area contributed by atoms with E-state index in [1.807, 2.05) is 11.8 Å². The van der Waals surface area contributed by atoms with Crippen molar-refractivity contribution in [1.29, 1.82) is 0 Å².